The van der Waals surface area contributed by atoms with E-state index in [2.05, 4.69) is 31.0 Å². The molecule has 1 N–H and O–H groups in total. The van der Waals surface area contributed by atoms with E-state index < -0.39 is 14.9 Å². The van der Waals surface area contributed by atoms with Crippen LogP contribution in [0.15, 0.2) is 23.1 Å². The molecule has 2 aliphatic heterocycles. The van der Waals surface area contributed by atoms with Gasteiger partial charge in [0.25, 0.3) is 5.69 Å². The lowest BCUT2D eigenvalue weighted by Crippen LogP contribution is -2.45. The lowest BCUT2D eigenvalue weighted by atomic mass is 10.0. The highest BCUT2D eigenvalue weighted by molar-refractivity contribution is 7.89. The lowest BCUT2D eigenvalue weighted by molar-refractivity contribution is -0.384. The van der Waals surface area contributed by atoms with Crippen molar-refractivity contribution in [2.24, 2.45) is 5.92 Å². The van der Waals surface area contributed by atoms with E-state index in [1.807, 2.05) is 0 Å². The number of hydrogen-bond acceptors (Lipinski definition) is 7. The Morgan fingerprint density at radius 2 is 1.81 bits per heavy atom. The van der Waals surface area contributed by atoms with Crippen LogP contribution in [-0.4, -0.2) is 74.0 Å². The first-order chi connectivity index (χ1) is 14.7. The minimum absolute atomic E-state index is 0.0180. The number of benzene rings is 1. The van der Waals surface area contributed by atoms with Gasteiger partial charge in [-0.1, -0.05) is 6.92 Å². The molecule has 1 aromatic rings. The Morgan fingerprint density at radius 1 is 1.16 bits per heavy atom. The maximum Gasteiger partial charge on any atom is 0.293 e. The van der Waals surface area contributed by atoms with Gasteiger partial charge >= 0.3 is 0 Å². The van der Waals surface area contributed by atoms with Crippen LogP contribution in [0.1, 0.15) is 40.0 Å². The standard InChI is InChI=1S/C21H34N4O5S/c1-16-7-11-24(12-8-16)31(28,29)19-5-6-20(21(13-19)25(26)27)22-9-4-10-23-14-17(2)30-18(3)15-23/h5-6,13,16-18,22H,4,7-12,14-15H2,1-3H3. The van der Waals surface area contributed by atoms with Crippen molar-refractivity contribution < 1.29 is 18.1 Å². The van der Waals surface area contributed by atoms with Gasteiger partial charge in [-0.25, -0.2) is 8.42 Å². The third-order valence-electron chi connectivity index (χ3n) is 6.01. The molecular weight excluding hydrogens is 420 g/mol. The molecule has 2 aliphatic rings. The zero-order valence-electron chi connectivity index (χ0n) is 18.6. The van der Waals surface area contributed by atoms with Gasteiger partial charge in [0, 0.05) is 45.3 Å². The predicted octanol–water partition coefficient (Wildman–Crippen LogP) is 2.93. The van der Waals surface area contributed by atoms with E-state index in [0.29, 0.717) is 31.2 Å². The molecule has 0 radical (unpaired) electrons. The fourth-order valence-electron chi connectivity index (χ4n) is 4.34. The first kappa shape index (κ1) is 23.9. The minimum Gasteiger partial charge on any atom is -0.379 e. The van der Waals surface area contributed by atoms with Crippen LogP contribution in [0.4, 0.5) is 11.4 Å². The summed E-state index contributed by atoms with van der Waals surface area (Å²) in [6.45, 7) is 10.3. The van der Waals surface area contributed by atoms with Gasteiger partial charge in [0.2, 0.25) is 10.0 Å². The van der Waals surface area contributed by atoms with E-state index in [4.69, 9.17) is 4.74 Å². The number of anilines is 1. The van der Waals surface area contributed by atoms with E-state index >= 15 is 0 Å². The molecule has 0 bridgehead atoms. The number of piperidine rings is 1. The monoisotopic (exact) mass is 454 g/mol. The Labute approximate surface area is 184 Å². The largest absolute Gasteiger partial charge is 0.379 e. The maximum atomic E-state index is 12.9. The second-order valence-electron chi connectivity index (χ2n) is 8.82. The topological polar surface area (TPSA) is 105 Å². The predicted molar refractivity (Wildman–Crippen MR) is 120 cm³/mol. The molecule has 2 fully saturated rings. The Morgan fingerprint density at radius 3 is 2.42 bits per heavy atom. The van der Waals surface area contributed by atoms with Crippen molar-refractivity contribution in [3.8, 4) is 0 Å². The van der Waals surface area contributed by atoms with E-state index in [1.54, 1.807) is 0 Å². The number of nitro groups is 1. The molecule has 0 saturated carbocycles. The van der Waals surface area contributed by atoms with Crippen LogP contribution in [0, 0.1) is 16.0 Å². The number of sulfonamides is 1. The molecule has 174 valence electrons. The molecule has 10 heteroatoms. The molecule has 0 amide bonds. The summed E-state index contributed by atoms with van der Waals surface area (Å²) < 4.78 is 33.0. The number of hydrogen-bond donors (Lipinski definition) is 1. The third-order valence-corrected chi connectivity index (χ3v) is 7.90. The van der Waals surface area contributed by atoms with Gasteiger partial charge < -0.3 is 10.1 Å². The molecule has 9 nitrogen and oxygen atoms in total. The van der Waals surface area contributed by atoms with E-state index in [0.717, 1.165) is 38.9 Å². The van der Waals surface area contributed by atoms with Crippen molar-refractivity contribution in [2.45, 2.75) is 57.1 Å². The normalized spacial score (nSPS) is 24.2. The lowest BCUT2D eigenvalue weighted by Gasteiger charge is -2.35. The summed E-state index contributed by atoms with van der Waals surface area (Å²) in [5, 5.41) is 14.7. The smallest absolute Gasteiger partial charge is 0.293 e. The summed E-state index contributed by atoms with van der Waals surface area (Å²) in [6.07, 6.45) is 2.84. The number of nitro benzene ring substituents is 1. The Hall–Kier alpha value is -1.75. The molecule has 31 heavy (non-hydrogen) atoms. The first-order valence-corrected chi connectivity index (χ1v) is 12.5. The van der Waals surface area contributed by atoms with Crippen LogP contribution in [0.3, 0.4) is 0 Å². The number of nitrogens with zero attached hydrogens (tertiary/aromatic N) is 3. The van der Waals surface area contributed by atoms with Crippen LogP contribution < -0.4 is 5.32 Å². The van der Waals surface area contributed by atoms with Gasteiger partial charge in [-0.15, -0.1) is 0 Å². The highest BCUT2D eigenvalue weighted by Crippen LogP contribution is 2.30. The number of nitrogens with one attached hydrogen (secondary N) is 1. The van der Waals surface area contributed by atoms with Crippen LogP contribution >= 0.6 is 0 Å². The van der Waals surface area contributed by atoms with Crippen molar-refractivity contribution in [3.05, 3.63) is 28.3 Å². The number of ether oxygens (including phenoxy) is 1. The van der Waals surface area contributed by atoms with Crippen molar-refractivity contribution in [1.29, 1.82) is 0 Å². The summed E-state index contributed by atoms with van der Waals surface area (Å²) in [6, 6.07) is 4.16. The second kappa shape index (κ2) is 10.2. The Bertz CT molecular complexity index is 861. The van der Waals surface area contributed by atoms with Crippen LogP contribution in [0.2, 0.25) is 0 Å². The zero-order valence-corrected chi connectivity index (χ0v) is 19.4. The summed E-state index contributed by atoms with van der Waals surface area (Å²) >= 11 is 0. The molecule has 2 atom stereocenters. The zero-order chi connectivity index (χ0) is 22.6. The van der Waals surface area contributed by atoms with Crippen molar-refractivity contribution in [2.75, 3.05) is 44.6 Å². The molecule has 3 rings (SSSR count). The van der Waals surface area contributed by atoms with Crippen molar-refractivity contribution in [3.63, 3.8) is 0 Å². The van der Waals surface area contributed by atoms with Crippen LogP contribution in [-0.2, 0) is 14.8 Å². The fraction of sp³-hybridized carbons (Fsp3) is 0.714. The molecule has 1 aromatic carbocycles. The quantitative estimate of drug-likeness (QED) is 0.366. The summed E-state index contributed by atoms with van der Waals surface area (Å²) in [5.74, 6) is 0.497. The van der Waals surface area contributed by atoms with E-state index in [9.17, 15) is 18.5 Å². The number of rotatable bonds is 8. The Balaban J connectivity index is 1.62. The summed E-state index contributed by atoms with van der Waals surface area (Å²) in [5.41, 5.74) is 0.139. The average Bonchev–Trinajstić information content (AvgIpc) is 2.70. The van der Waals surface area contributed by atoms with E-state index in [-0.39, 0.29) is 22.8 Å². The third kappa shape index (κ3) is 6.15. The Kier molecular flexibility index (Phi) is 7.90. The van der Waals surface area contributed by atoms with Gasteiger partial charge in [-0.05, 0) is 51.2 Å². The minimum atomic E-state index is -3.73. The first-order valence-electron chi connectivity index (χ1n) is 11.1. The van der Waals surface area contributed by atoms with Gasteiger partial charge in [0.1, 0.15) is 5.69 Å². The van der Waals surface area contributed by atoms with E-state index in [1.165, 1.54) is 22.5 Å². The SMILES string of the molecule is CC1CCN(S(=O)(=O)c2ccc(NCCCN3CC(C)OC(C)C3)c([N+](=O)[O-])c2)CC1. The average molecular weight is 455 g/mol. The van der Waals surface area contributed by atoms with Crippen molar-refractivity contribution >= 4 is 21.4 Å². The molecule has 0 aromatic heterocycles. The summed E-state index contributed by atoms with van der Waals surface area (Å²) in [4.78, 5) is 13.4. The van der Waals surface area contributed by atoms with Crippen LogP contribution in [0.25, 0.3) is 0 Å². The van der Waals surface area contributed by atoms with Gasteiger partial charge in [-0.2, -0.15) is 4.31 Å². The van der Waals surface area contributed by atoms with Crippen LogP contribution in [0.5, 0.6) is 0 Å². The van der Waals surface area contributed by atoms with Gasteiger partial charge in [0.15, 0.2) is 0 Å². The highest BCUT2D eigenvalue weighted by atomic mass is 32.2. The number of morpholine rings is 1. The maximum absolute atomic E-state index is 12.9. The van der Waals surface area contributed by atoms with Gasteiger partial charge in [0.05, 0.1) is 22.0 Å². The molecule has 2 unspecified atom stereocenters. The second-order valence-corrected chi connectivity index (χ2v) is 10.8. The highest BCUT2D eigenvalue weighted by Gasteiger charge is 2.30. The fourth-order valence-corrected chi connectivity index (χ4v) is 5.83. The molecule has 0 spiro atoms. The van der Waals surface area contributed by atoms with Crippen molar-refractivity contribution in [1.82, 2.24) is 9.21 Å². The molecule has 0 aliphatic carbocycles. The summed E-state index contributed by atoms with van der Waals surface area (Å²) in [7, 11) is -3.73. The molecular formula is C21H34N4O5S. The van der Waals surface area contributed by atoms with Gasteiger partial charge in [-0.3, -0.25) is 15.0 Å². The molecule has 2 saturated heterocycles. The molecule has 2 heterocycles.